The summed E-state index contributed by atoms with van der Waals surface area (Å²) in [5, 5.41) is 0. The third-order valence-electron chi connectivity index (χ3n) is 4.73. The van der Waals surface area contributed by atoms with Gasteiger partial charge in [-0.25, -0.2) is 4.79 Å². The van der Waals surface area contributed by atoms with Crippen LogP contribution in [-0.2, 0) is 16.1 Å². The van der Waals surface area contributed by atoms with Gasteiger partial charge in [0.15, 0.2) is 16.3 Å². The number of hydrogen-bond donors (Lipinski definition) is 0. The van der Waals surface area contributed by atoms with Crippen molar-refractivity contribution in [2.24, 2.45) is 4.99 Å². The van der Waals surface area contributed by atoms with Crippen LogP contribution >= 0.6 is 11.3 Å². The average molecular weight is 436 g/mol. The predicted octanol–water partition coefficient (Wildman–Crippen LogP) is 3.17. The Kier molecular flexibility index (Phi) is 5.78. The lowest BCUT2D eigenvalue weighted by molar-refractivity contribution is -0.130. The van der Waals surface area contributed by atoms with Crippen LogP contribution in [0.25, 0.3) is 10.2 Å². The van der Waals surface area contributed by atoms with Crippen molar-refractivity contribution in [3.05, 3.63) is 52.8 Å². The van der Waals surface area contributed by atoms with Crippen LogP contribution in [0.1, 0.15) is 24.2 Å². The number of carbonyl (C=O) groups is 2. The smallest absolute Gasteiger partial charge is 0.338 e. The summed E-state index contributed by atoms with van der Waals surface area (Å²) < 4.78 is 19.3. The summed E-state index contributed by atoms with van der Waals surface area (Å²) in [6.07, 6.45) is 4.15. The average Bonchev–Trinajstić information content (AvgIpc) is 3.09. The molecule has 3 aromatic rings. The summed E-state index contributed by atoms with van der Waals surface area (Å²) in [5.41, 5.74) is 1.21. The molecule has 0 saturated heterocycles. The highest BCUT2D eigenvalue weighted by molar-refractivity contribution is 7.16. The minimum absolute atomic E-state index is 0.227. The number of amides is 1. The van der Waals surface area contributed by atoms with Crippen molar-refractivity contribution in [2.75, 3.05) is 6.61 Å². The van der Waals surface area contributed by atoms with Crippen LogP contribution in [0.15, 0.2) is 47.5 Å². The van der Waals surface area contributed by atoms with E-state index >= 15 is 0 Å². The molecule has 158 valence electrons. The van der Waals surface area contributed by atoms with E-state index in [0.717, 1.165) is 10.2 Å². The van der Waals surface area contributed by atoms with Crippen molar-refractivity contribution in [3.63, 3.8) is 0 Å². The molecule has 31 heavy (non-hydrogen) atoms. The zero-order valence-corrected chi connectivity index (χ0v) is 17.8. The van der Waals surface area contributed by atoms with Gasteiger partial charge >= 0.3 is 5.97 Å². The number of benzene rings is 2. The molecule has 0 bridgehead atoms. The summed E-state index contributed by atoms with van der Waals surface area (Å²) in [6, 6.07) is 12.3. The first-order valence-corrected chi connectivity index (χ1v) is 10.6. The fourth-order valence-electron chi connectivity index (χ4n) is 3.29. The fraction of sp³-hybridized carbons (Fsp3) is 0.261. The summed E-state index contributed by atoms with van der Waals surface area (Å²) in [4.78, 5) is 29.8. The number of ether oxygens (including phenoxy) is 3. The molecule has 2 unspecified atom stereocenters. The molecule has 0 fully saturated rings. The monoisotopic (exact) mass is 436 g/mol. The van der Waals surface area contributed by atoms with Crippen LogP contribution in [0, 0.1) is 12.3 Å². The molecular weight excluding hydrogens is 416 g/mol. The van der Waals surface area contributed by atoms with E-state index in [4.69, 9.17) is 20.6 Å². The number of hydrogen-bond acceptors (Lipinski definition) is 6. The fourth-order valence-corrected chi connectivity index (χ4v) is 4.37. The Morgan fingerprint density at radius 1 is 1.23 bits per heavy atom. The molecule has 1 aliphatic heterocycles. The molecular formula is C23H20N2O5S. The van der Waals surface area contributed by atoms with Crippen molar-refractivity contribution in [3.8, 4) is 23.8 Å². The number of nitrogens with zero attached hydrogens (tertiary/aromatic N) is 2. The Bertz CT molecular complexity index is 1270. The van der Waals surface area contributed by atoms with Gasteiger partial charge in [-0.15, -0.1) is 6.42 Å². The third kappa shape index (κ3) is 4.05. The van der Waals surface area contributed by atoms with Gasteiger partial charge in [0.05, 0.1) is 28.9 Å². The molecule has 4 rings (SSSR count). The van der Waals surface area contributed by atoms with Crippen LogP contribution in [0.4, 0.5) is 0 Å². The molecule has 2 aromatic carbocycles. The number of aromatic nitrogens is 1. The van der Waals surface area contributed by atoms with Crippen molar-refractivity contribution in [1.82, 2.24) is 4.57 Å². The van der Waals surface area contributed by atoms with Gasteiger partial charge in [-0.1, -0.05) is 29.4 Å². The quantitative estimate of drug-likeness (QED) is 0.464. The van der Waals surface area contributed by atoms with E-state index in [1.807, 2.05) is 12.1 Å². The molecule has 0 N–H and O–H groups in total. The van der Waals surface area contributed by atoms with Crippen molar-refractivity contribution < 1.29 is 23.8 Å². The second-order valence-electron chi connectivity index (χ2n) is 6.84. The second-order valence-corrected chi connectivity index (χ2v) is 7.85. The van der Waals surface area contributed by atoms with Gasteiger partial charge < -0.3 is 18.8 Å². The lowest BCUT2D eigenvalue weighted by atomic mass is 10.1. The number of thiazole rings is 1. The molecule has 1 aliphatic rings. The Morgan fingerprint density at radius 3 is 2.68 bits per heavy atom. The van der Waals surface area contributed by atoms with Crippen molar-refractivity contribution in [2.45, 2.75) is 32.6 Å². The van der Waals surface area contributed by atoms with Gasteiger partial charge in [0.25, 0.3) is 5.91 Å². The maximum Gasteiger partial charge on any atom is 0.338 e. The molecule has 0 spiro atoms. The Balaban J connectivity index is 1.72. The lowest BCUT2D eigenvalue weighted by Crippen LogP contribution is -2.43. The molecule has 1 aromatic heterocycles. The van der Waals surface area contributed by atoms with Crippen LogP contribution in [0.2, 0.25) is 0 Å². The molecule has 2 heterocycles. The van der Waals surface area contributed by atoms with E-state index < -0.39 is 24.1 Å². The van der Waals surface area contributed by atoms with Crippen LogP contribution in [0.3, 0.4) is 0 Å². The first kappa shape index (κ1) is 20.7. The number of carbonyl (C=O) groups excluding carboxylic acids is 2. The number of esters is 1. The molecule has 1 amide bonds. The summed E-state index contributed by atoms with van der Waals surface area (Å²) in [6.45, 7) is 4.03. The first-order chi connectivity index (χ1) is 15.0. The highest BCUT2D eigenvalue weighted by Crippen LogP contribution is 2.33. The molecule has 0 saturated carbocycles. The maximum atomic E-state index is 13.0. The summed E-state index contributed by atoms with van der Waals surface area (Å²) >= 11 is 1.27. The van der Waals surface area contributed by atoms with E-state index in [1.54, 1.807) is 48.7 Å². The molecule has 2 atom stereocenters. The largest absolute Gasteiger partial charge is 0.482 e. The lowest BCUT2D eigenvalue weighted by Gasteiger charge is -2.29. The van der Waals surface area contributed by atoms with Crippen LogP contribution < -0.4 is 14.3 Å². The van der Waals surface area contributed by atoms with E-state index in [-0.39, 0.29) is 13.2 Å². The highest BCUT2D eigenvalue weighted by Gasteiger charge is 2.34. The van der Waals surface area contributed by atoms with E-state index in [2.05, 4.69) is 10.9 Å². The SMILES string of the molecule is C#CCn1c(=NC(=O)C2Oc3ccccc3OC2C)sc2cc(C(=O)OCC)ccc21. The number of terminal acetylenes is 1. The van der Waals surface area contributed by atoms with E-state index in [1.165, 1.54) is 11.3 Å². The molecule has 0 aliphatic carbocycles. The maximum absolute atomic E-state index is 13.0. The normalized spacial score (nSPS) is 17.9. The zero-order chi connectivity index (χ0) is 22.0. The van der Waals surface area contributed by atoms with Gasteiger partial charge in [-0.05, 0) is 44.2 Å². The van der Waals surface area contributed by atoms with Crippen LogP contribution in [-0.4, -0.2) is 35.3 Å². The highest BCUT2D eigenvalue weighted by atomic mass is 32.1. The summed E-state index contributed by atoms with van der Waals surface area (Å²) in [5.74, 6) is 2.81. The van der Waals surface area contributed by atoms with Crippen LogP contribution in [0.5, 0.6) is 11.5 Å². The molecule has 7 nitrogen and oxygen atoms in total. The van der Waals surface area contributed by atoms with Gasteiger partial charge in [-0.3, -0.25) is 4.79 Å². The Labute approximate surface area is 182 Å². The van der Waals surface area contributed by atoms with Gasteiger partial charge in [-0.2, -0.15) is 4.99 Å². The minimum Gasteiger partial charge on any atom is -0.482 e. The first-order valence-electron chi connectivity index (χ1n) is 9.76. The van der Waals surface area contributed by atoms with Gasteiger partial charge in [0.1, 0.15) is 6.10 Å². The number of para-hydroxylation sites is 2. The molecule has 0 radical (unpaired) electrons. The van der Waals surface area contributed by atoms with E-state index in [0.29, 0.717) is 21.9 Å². The summed E-state index contributed by atoms with van der Waals surface area (Å²) in [7, 11) is 0. The number of rotatable bonds is 4. The van der Waals surface area contributed by atoms with Gasteiger partial charge in [0.2, 0.25) is 6.10 Å². The standard InChI is InChI=1S/C23H20N2O5S/c1-4-12-25-16-11-10-15(22(27)28-5-2)13-19(16)31-23(25)24-21(26)20-14(3)29-17-8-6-7-9-18(17)30-20/h1,6-11,13-14,20H,5,12H2,2-3H3. The van der Waals surface area contributed by atoms with Crippen molar-refractivity contribution >= 4 is 33.4 Å². The minimum atomic E-state index is -0.880. The van der Waals surface area contributed by atoms with E-state index in [9.17, 15) is 9.59 Å². The van der Waals surface area contributed by atoms with Gasteiger partial charge in [0, 0.05) is 0 Å². The second kappa shape index (κ2) is 8.66. The Morgan fingerprint density at radius 2 is 1.97 bits per heavy atom. The number of fused-ring (bicyclic) bond motifs is 2. The third-order valence-corrected chi connectivity index (χ3v) is 5.78. The topological polar surface area (TPSA) is 79.1 Å². The Hall–Kier alpha value is -3.57. The zero-order valence-electron chi connectivity index (χ0n) is 17.0. The predicted molar refractivity (Wildman–Crippen MR) is 116 cm³/mol. The van der Waals surface area contributed by atoms with Crippen molar-refractivity contribution in [1.29, 1.82) is 0 Å². The molecule has 8 heteroatoms.